The van der Waals surface area contributed by atoms with Crippen molar-refractivity contribution in [3.63, 3.8) is 0 Å². The van der Waals surface area contributed by atoms with Crippen molar-refractivity contribution in [3.8, 4) is 0 Å². The normalized spacial score (nSPS) is 21.6. The fourth-order valence-electron chi connectivity index (χ4n) is 2.99. The average molecular weight is 344 g/mol. The molecule has 0 spiro atoms. The lowest BCUT2D eigenvalue weighted by Crippen LogP contribution is -2.40. The third-order valence-corrected chi connectivity index (χ3v) is 4.74. The lowest BCUT2D eigenvalue weighted by molar-refractivity contribution is 0.177. The van der Waals surface area contributed by atoms with Crippen LogP contribution < -0.4 is 5.73 Å². The van der Waals surface area contributed by atoms with Gasteiger partial charge in [-0.1, -0.05) is 22.0 Å². The van der Waals surface area contributed by atoms with Gasteiger partial charge in [-0.15, -0.1) is 0 Å². The quantitative estimate of drug-likeness (QED) is 0.891. The maximum atomic E-state index is 14.1. The highest BCUT2D eigenvalue weighted by Crippen LogP contribution is 2.26. The molecule has 2 atom stereocenters. The monoisotopic (exact) mass is 343 g/mol. The van der Waals surface area contributed by atoms with Crippen molar-refractivity contribution in [2.45, 2.75) is 24.9 Å². The minimum absolute atomic E-state index is 0.0721. The Hall–Kier alpha value is -0.490. The van der Waals surface area contributed by atoms with Gasteiger partial charge in [-0.3, -0.25) is 4.90 Å². The molecule has 1 aliphatic rings. The number of halogens is 2. The van der Waals surface area contributed by atoms with Crippen LogP contribution in [0, 0.1) is 5.82 Å². The molecule has 0 saturated carbocycles. The first-order chi connectivity index (χ1) is 9.52. The second kappa shape index (κ2) is 6.98. The number of benzene rings is 1. The van der Waals surface area contributed by atoms with Crippen LogP contribution in [0.4, 0.5) is 4.39 Å². The molecular formula is C15H23BrFN3. The molecule has 0 aliphatic carbocycles. The highest BCUT2D eigenvalue weighted by molar-refractivity contribution is 9.10. The summed E-state index contributed by atoms with van der Waals surface area (Å²) >= 11 is 3.29. The van der Waals surface area contributed by atoms with Gasteiger partial charge in [0.2, 0.25) is 0 Å². The lowest BCUT2D eigenvalue weighted by Gasteiger charge is -2.32. The zero-order chi connectivity index (χ0) is 14.7. The Morgan fingerprint density at radius 3 is 2.85 bits per heavy atom. The summed E-state index contributed by atoms with van der Waals surface area (Å²) in [6, 6.07) is 5.68. The van der Waals surface area contributed by atoms with Gasteiger partial charge in [-0.05, 0) is 45.6 Å². The van der Waals surface area contributed by atoms with Crippen LogP contribution in [-0.4, -0.2) is 49.6 Å². The van der Waals surface area contributed by atoms with Gasteiger partial charge < -0.3 is 10.6 Å². The molecule has 0 amide bonds. The smallest absolute Gasteiger partial charge is 0.129 e. The molecular weight excluding hydrogens is 321 g/mol. The Labute approximate surface area is 129 Å². The Morgan fingerprint density at radius 1 is 1.55 bits per heavy atom. The zero-order valence-electron chi connectivity index (χ0n) is 12.1. The highest BCUT2D eigenvalue weighted by atomic mass is 79.9. The summed E-state index contributed by atoms with van der Waals surface area (Å²) in [4.78, 5) is 4.56. The minimum atomic E-state index is -0.193. The number of hydrogen-bond donors (Lipinski definition) is 1. The van der Waals surface area contributed by atoms with Crippen molar-refractivity contribution in [1.29, 1.82) is 0 Å². The van der Waals surface area contributed by atoms with E-state index in [4.69, 9.17) is 5.73 Å². The Bertz CT molecular complexity index is 455. The van der Waals surface area contributed by atoms with Gasteiger partial charge in [0.15, 0.2) is 0 Å². The van der Waals surface area contributed by atoms with Gasteiger partial charge in [0.1, 0.15) is 5.82 Å². The highest BCUT2D eigenvalue weighted by Gasteiger charge is 2.26. The predicted octanol–water partition coefficient (Wildman–Crippen LogP) is 2.61. The summed E-state index contributed by atoms with van der Waals surface area (Å²) in [5.41, 5.74) is 6.57. The molecule has 3 nitrogen and oxygen atoms in total. The van der Waals surface area contributed by atoms with E-state index in [-0.39, 0.29) is 11.9 Å². The van der Waals surface area contributed by atoms with E-state index in [2.05, 4.69) is 32.8 Å². The number of nitrogens with two attached hydrogens (primary N) is 1. The van der Waals surface area contributed by atoms with Crippen molar-refractivity contribution >= 4 is 15.9 Å². The lowest BCUT2D eigenvalue weighted by atomic mass is 10.0. The Morgan fingerprint density at radius 2 is 2.30 bits per heavy atom. The molecule has 1 aliphatic heterocycles. The molecule has 0 radical (unpaired) electrons. The standard InChI is InChI=1S/C15H23BrFN3/c1-19-7-3-4-12(19)10-20(2)15(9-18)13-6-5-11(16)8-14(13)17/h5-6,8,12,15H,3-4,7,9-10,18H2,1-2H3. The minimum Gasteiger partial charge on any atom is -0.329 e. The summed E-state index contributed by atoms with van der Waals surface area (Å²) in [5, 5.41) is 0. The van der Waals surface area contributed by atoms with Crippen LogP contribution in [0.25, 0.3) is 0 Å². The van der Waals surface area contributed by atoms with Crippen LogP contribution in [0.15, 0.2) is 22.7 Å². The summed E-state index contributed by atoms with van der Waals surface area (Å²) in [6.07, 6.45) is 2.45. The van der Waals surface area contributed by atoms with E-state index in [0.29, 0.717) is 18.2 Å². The topological polar surface area (TPSA) is 32.5 Å². The van der Waals surface area contributed by atoms with E-state index in [0.717, 1.165) is 17.6 Å². The van der Waals surface area contributed by atoms with Crippen molar-refractivity contribution in [2.75, 3.05) is 33.7 Å². The molecule has 2 rings (SSSR count). The van der Waals surface area contributed by atoms with E-state index < -0.39 is 0 Å². The SMILES string of the molecule is CN1CCCC1CN(C)C(CN)c1ccc(Br)cc1F. The van der Waals surface area contributed by atoms with Crippen LogP contribution in [0.3, 0.4) is 0 Å². The Balaban J connectivity index is 2.10. The zero-order valence-corrected chi connectivity index (χ0v) is 13.7. The van der Waals surface area contributed by atoms with E-state index >= 15 is 0 Å². The van der Waals surface area contributed by atoms with Crippen molar-refractivity contribution in [1.82, 2.24) is 9.80 Å². The fraction of sp³-hybridized carbons (Fsp3) is 0.600. The molecule has 0 bridgehead atoms. The molecule has 2 unspecified atom stereocenters. The van der Waals surface area contributed by atoms with Crippen LogP contribution >= 0.6 is 15.9 Å². The van der Waals surface area contributed by atoms with Crippen LogP contribution in [0.2, 0.25) is 0 Å². The predicted molar refractivity (Wildman–Crippen MR) is 84.2 cm³/mol. The molecule has 1 saturated heterocycles. The number of likely N-dealkylation sites (N-methyl/N-ethyl adjacent to an activating group) is 2. The number of rotatable bonds is 5. The fourth-order valence-corrected chi connectivity index (χ4v) is 3.32. The molecule has 1 aromatic rings. The summed E-state index contributed by atoms with van der Waals surface area (Å²) in [7, 11) is 4.19. The molecule has 1 heterocycles. The van der Waals surface area contributed by atoms with Gasteiger partial charge in [-0.2, -0.15) is 0 Å². The second-order valence-electron chi connectivity index (χ2n) is 5.63. The number of hydrogen-bond acceptors (Lipinski definition) is 3. The first kappa shape index (κ1) is 15.9. The van der Waals surface area contributed by atoms with Crippen molar-refractivity contribution in [2.24, 2.45) is 5.73 Å². The first-order valence-electron chi connectivity index (χ1n) is 7.08. The molecule has 112 valence electrons. The number of likely N-dealkylation sites (tertiary alicyclic amines) is 1. The summed E-state index contributed by atoms with van der Waals surface area (Å²) in [5.74, 6) is -0.193. The molecule has 5 heteroatoms. The van der Waals surface area contributed by atoms with Crippen LogP contribution in [0.5, 0.6) is 0 Å². The third kappa shape index (κ3) is 3.58. The Kier molecular flexibility index (Phi) is 5.55. The van der Waals surface area contributed by atoms with Gasteiger partial charge in [0.05, 0.1) is 0 Å². The third-order valence-electron chi connectivity index (χ3n) is 4.25. The second-order valence-corrected chi connectivity index (χ2v) is 6.55. The average Bonchev–Trinajstić information content (AvgIpc) is 2.78. The van der Waals surface area contributed by atoms with Gasteiger partial charge in [0, 0.05) is 35.2 Å². The molecule has 20 heavy (non-hydrogen) atoms. The van der Waals surface area contributed by atoms with Gasteiger partial charge in [-0.25, -0.2) is 4.39 Å². The van der Waals surface area contributed by atoms with E-state index in [1.165, 1.54) is 18.9 Å². The van der Waals surface area contributed by atoms with Crippen molar-refractivity contribution in [3.05, 3.63) is 34.1 Å². The summed E-state index contributed by atoms with van der Waals surface area (Å²) in [6.45, 7) is 2.50. The number of nitrogens with zero attached hydrogens (tertiary/aromatic N) is 2. The first-order valence-corrected chi connectivity index (χ1v) is 7.87. The molecule has 1 fully saturated rings. The van der Waals surface area contributed by atoms with E-state index in [1.807, 2.05) is 19.2 Å². The largest absolute Gasteiger partial charge is 0.329 e. The van der Waals surface area contributed by atoms with Crippen molar-refractivity contribution < 1.29 is 4.39 Å². The summed E-state index contributed by atoms with van der Waals surface area (Å²) < 4.78 is 14.9. The molecule has 2 N–H and O–H groups in total. The van der Waals surface area contributed by atoms with Crippen LogP contribution in [-0.2, 0) is 0 Å². The molecule has 0 aromatic heterocycles. The molecule has 1 aromatic carbocycles. The maximum Gasteiger partial charge on any atom is 0.129 e. The van der Waals surface area contributed by atoms with Gasteiger partial charge in [0.25, 0.3) is 0 Å². The van der Waals surface area contributed by atoms with Crippen LogP contribution in [0.1, 0.15) is 24.4 Å². The van der Waals surface area contributed by atoms with E-state index in [1.54, 1.807) is 0 Å². The van der Waals surface area contributed by atoms with E-state index in [9.17, 15) is 4.39 Å². The maximum absolute atomic E-state index is 14.1. The van der Waals surface area contributed by atoms with Gasteiger partial charge >= 0.3 is 0 Å².